The van der Waals surface area contributed by atoms with E-state index in [0.29, 0.717) is 46.9 Å². The Morgan fingerprint density at radius 1 is 0.919 bits per heavy atom. The zero-order chi connectivity index (χ0) is 26.3. The molecule has 3 aromatic carbocycles. The van der Waals surface area contributed by atoms with Crippen LogP contribution in [0.25, 0.3) is 11.0 Å². The van der Waals surface area contributed by atoms with Crippen molar-refractivity contribution in [2.45, 2.75) is 39.2 Å². The smallest absolute Gasteiger partial charge is 0.290 e. The highest BCUT2D eigenvalue weighted by Crippen LogP contribution is 2.39. The molecular weight excluding hydrogens is 466 g/mol. The first-order valence-electron chi connectivity index (χ1n) is 12.5. The van der Waals surface area contributed by atoms with Crippen molar-refractivity contribution in [3.8, 4) is 11.5 Å². The van der Waals surface area contributed by atoms with Crippen LogP contribution in [0.15, 0.2) is 69.9 Å². The van der Waals surface area contributed by atoms with Crippen molar-refractivity contribution in [2.24, 2.45) is 0 Å². The average molecular weight is 498 g/mol. The minimum Gasteiger partial charge on any atom is -0.493 e. The van der Waals surface area contributed by atoms with Crippen LogP contribution in [0.3, 0.4) is 0 Å². The summed E-state index contributed by atoms with van der Waals surface area (Å²) in [6, 6.07) is 18.9. The zero-order valence-electron chi connectivity index (χ0n) is 21.8. The number of benzene rings is 3. The summed E-state index contributed by atoms with van der Waals surface area (Å²) in [6.45, 7) is 6.63. The van der Waals surface area contributed by atoms with E-state index in [-0.39, 0.29) is 17.1 Å². The molecule has 0 N–H and O–H groups in total. The predicted molar refractivity (Wildman–Crippen MR) is 144 cm³/mol. The molecule has 0 bridgehead atoms. The summed E-state index contributed by atoms with van der Waals surface area (Å²) in [6.07, 6.45) is 0.577. The Morgan fingerprint density at radius 3 is 2.32 bits per heavy atom. The summed E-state index contributed by atoms with van der Waals surface area (Å²) in [4.78, 5) is 29.2. The second kappa shape index (κ2) is 9.77. The number of fused-ring (bicyclic) bond motifs is 2. The van der Waals surface area contributed by atoms with Gasteiger partial charge in [0.25, 0.3) is 5.91 Å². The lowest BCUT2D eigenvalue weighted by Gasteiger charge is -2.25. The summed E-state index contributed by atoms with van der Waals surface area (Å²) in [5.74, 6) is 1.52. The highest BCUT2D eigenvalue weighted by molar-refractivity contribution is 5.99. The van der Waals surface area contributed by atoms with Crippen molar-refractivity contribution in [1.29, 1.82) is 0 Å². The molecule has 0 aliphatic carbocycles. The van der Waals surface area contributed by atoms with Crippen LogP contribution in [-0.4, -0.2) is 31.6 Å². The minimum atomic E-state index is -0.523. The molecule has 0 spiro atoms. The maximum absolute atomic E-state index is 13.8. The summed E-state index contributed by atoms with van der Waals surface area (Å²) in [5, 5.41) is 0.497. The number of aryl methyl sites for hydroxylation is 1. The van der Waals surface area contributed by atoms with Crippen molar-refractivity contribution in [1.82, 2.24) is 4.90 Å². The number of hydrogen-bond donors (Lipinski definition) is 0. The van der Waals surface area contributed by atoms with Gasteiger partial charge in [0.15, 0.2) is 16.9 Å². The first-order valence-corrected chi connectivity index (χ1v) is 12.5. The Balaban J connectivity index is 1.59. The van der Waals surface area contributed by atoms with E-state index >= 15 is 0 Å². The van der Waals surface area contributed by atoms with Crippen LogP contribution in [0, 0.1) is 6.92 Å². The average Bonchev–Trinajstić information content (AvgIpc) is 3.19. The van der Waals surface area contributed by atoms with Gasteiger partial charge >= 0.3 is 0 Å². The third-order valence-corrected chi connectivity index (χ3v) is 7.13. The maximum atomic E-state index is 13.8. The Kier molecular flexibility index (Phi) is 6.50. The molecule has 0 saturated carbocycles. The molecule has 190 valence electrons. The lowest BCUT2D eigenvalue weighted by Crippen LogP contribution is -2.31. The topological polar surface area (TPSA) is 69.0 Å². The Hall–Kier alpha value is -4.06. The fourth-order valence-electron chi connectivity index (χ4n) is 5.06. The van der Waals surface area contributed by atoms with Crippen LogP contribution in [0.1, 0.15) is 64.2 Å². The first-order chi connectivity index (χ1) is 17.8. The van der Waals surface area contributed by atoms with Crippen LogP contribution in [0.2, 0.25) is 0 Å². The van der Waals surface area contributed by atoms with Gasteiger partial charge in [0.1, 0.15) is 5.58 Å². The van der Waals surface area contributed by atoms with Gasteiger partial charge in [-0.3, -0.25) is 9.59 Å². The molecule has 1 aliphatic heterocycles. The molecule has 1 aliphatic rings. The number of carbonyl (C=O) groups excluding carboxylic acids is 1. The van der Waals surface area contributed by atoms with Crippen molar-refractivity contribution >= 4 is 16.9 Å². The van der Waals surface area contributed by atoms with Gasteiger partial charge in [-0.25, -0.2) is 0 Å². The maximum Gasteiger partial charge on any atom is 0.290 e. The van der Waals surface area contributed by atoms with E-state index in [9.17, 15) is 9.59 Å². The minimum absolute atomic E-state index is 0.131. The largest absolute Gasteiger partial charge is 0.493 e. The molecule has 4 aromatic rings. The number of carbonyl (C=O) groups is 1. The van der Waals surface area contributed by atoms with Gasteiger partial charge in [-0.1, -0.05) is 55.8 Å². The Labute approximate surface area is 216 Å². The first kappa shape index (κ1) is 24.6. The molecule has 2 heterocycles. The van der Waals surface area contributed by atoms with E-state index in [4.69, 9.17) is 13.9 Å². The predicted octanol–water partition coefficient (Wildman–Crippen LogP) is 6.03. The molecule has 1 aromatic heterocycles. The number of hydrogen-bond acceptors (Lipinski definition) is 5. The van der Waals surface area contributed by atoms with Gasteiger partial charge in [0.05, 0.1) is 31.2 Å². The molecule has 1 amide bonds. The summed E-state index contributed by atoms with van der Waals surface area (Å²) >= 11 is 0. The number of nitrogens with zero attached hydrogens (tertiary/aromatic N) is 1. The monoisotopic (exact) mass is 497 g/mol. The van der Waals surface area contributed by atoms with E-state index in [1.54, 1.807) is 25.2 Å². The van der Waals surface area contributed by atoms with E-state index < -0.39 is 6.04 Å². The standard InChI is InChI=1S/C31H31NO5/c1-18(2)21-8-10-22(11-9-21)28-27-29(33)23-16-19(3)6-12-24(23)37-30(27)31(34)32(28)15-14-20-7-13-25(35-4)26(17-20)36-5/h6-13,16-18,28H,14-15H2,1-5H3/t28-/m1/s1. The van der Waals surface area contributed by atoms with Crippen LogP contribution in [0.5, 0.6) is 11.5 Å². The van der Waals surface area contributed by atoms with Gasteiger partial charge in [-0.2, -0.15) is 0 Å². The number of rotatable bonds is 7. The van der Waals surface area contributed by atoms with Crippen LogP contribution < -0.4 is 14.9 Å². The van der Waals surface area contributed by atoms with E-state index in [1.807, 2.05) is 49.4 Å². The van der Waals surface area contributed by atoms with Crippen LogP contribution in [0.4, 0.5) is 0 Å². The second-order valence-electron chi connectivity index (χ2n) is 9.84. The fraction of sp³-hybridized carbons (Fsp3) is 0.290. The van der Waals surface area contributed by atoms with Gasteiger partial charge in [-0.15, -0.1) is 0 Å². The second-order valence-corrected chi connectivity index (χ2v) is 9.84. The summed E-state index contributed by atoms with van der Waals surface area (Å²) < 4.78 is 16.9. The van der Waals surface area contributed by atoms with Crippen molar-refractivity contribution in [2.75, 3.05) is 20.8 Å². The molecule has 1 atom stereocenters. The highest BCUT2D eigenvalue weighted by atomic mass is 16.5. The SMILES string of the molecule is COc1ccc(CCN2C(=O)c3oc4ccc(C)cc4c(=O)c3[C@H]2c2ccc(C(C)C)cc2)cc1OC. The van der Waals surface area contributed by atoms with Crippen LogP contribution >= 0.6 is 0 Å². The lowest BCUT2D eigenvalue weighted by atomic mass is 9.95. The highest BCUT2D eigenvalue weighted by Gasteiger charge is 2.42. The van der Waals surface area contributed by atoms with Crippen molar-refractivity contribution in [3.05, 3.63) is 104 Å². The molecule has 5 rings (SSSR count). The summed E-state index contributed by atoms with van der Waals surface area (Å²) in [7, 11) is 3.20. The fourth-order valence-corrected chi connectivity index (χ4v) is 5.06. The molecule has 0 fully saturated rings. The van der Waals surface area contributed by atoms with Gasteiger partial charge in [-0.05, 0) is 60.2 Å². The third kappa shape index (κ3) is 4.37. The number of amides is 1. The van der Waals surface area contributed by atoms with Crippen molar-refractivity contribution in [3.63, 3.8) is 0 Å². The van der Waals surface area contributed by atoms with Gasteiger partial charge in [0.2, 0.25) is 5.76 Å². The molecule has 6 nitrogen and oxygen atoms in total. The zero-order valence-corrected chi connectivity index (χ0v) is 21.8. The lowest BCUT2D eigenvalue weighted by molar-refractivity contribution is 0.0730. The Bertz CT molecular complexity index is 1530. The van der Waals surface area contributed by atoms with Gasteiger partial charge < -0.3 is 18.8 Å². The molecule has 37 heavy (non-hydrogen) atoms. The molecule has 0 unspecified atom stereocenters. The Morgan fingerprint density at radius 2 is 1.65 bits per heavy atom. The molecule has 0 radical (unpaired) electrons. The number of ether oxygens (including phenoxy) is 2. The summed E-state index contributed by atoms with van der Waals surface area (Å²) in [5.41, 5.74) is 4.74. The molecular formula is C31H31NO5. The quantitative estimate of drug-likeness (QED) is 0.312. The number of methoxy groups -OCH3 is 2. The third-order valence-electron chi connectivity index (χ3n) is 7.13. The van der Waals surface area contributed by atoms with Crippen LogP contribution in [-0.2, 0) is 6.42 Å². The molecule has 6 heteroatoms. The van der Waals surface area contributed by atoms with E-state index in [1.165, 1.54) is 5.56 Å². The van der Waals surface area contributed by atoms with Crippen molar-refractivity contribution < 1.29 is 18.7 Å². The van der Waals surface area contributed by atoms with E-state index in [2.05, 4.69) is 26.0 Å². The van der Waals surface area contributed by atoms with Gasteiger partial charge in [0, 0.05) is 6.54 Å². The normalized spacial score (nSPS) is 14.9. The molecule has 0 saturated heterocycles. The van der Waals surface area contributed by atoms with E-state index in [0.717, 1.165) is 16.7 Å².